The Kier molecular flexibility index (Phi) is 6.70. The van der Waals surface area contributed by atoms with Gasteiger partial charge in [0.05, 0.1) is 30.7 Å². The molecule has 1 saturated heterocycles. The van der Waals surface area contributed by atoms with Crippen molar-refractivity contribution in [1.29, 1.82) is 0 Å². The maximum absolute atomic E-state index is 14.5. The van der Waals surface area contributed by atoms with Crippen LogP contribution in [0.15, 0.2) is 29.6 Å². The highest BCUT2D eigenvalue weighted by atomic mass is 19.1. The Morgan fingerprint density at radius 1 is 1.00 bits per heavy atom. The molecule has 1 aliphatic heterocycles. The summed E-state index contributed by atoms with van der Waals surface area (Å²) in [5.41, 5.74) is 0.449. The smallest absolute Gasteiger partial charge is 0.324 e. The molecule has 0 bridgehead atoms. The molecule has 0 N–H and O–H groups in total. The van der Waals surface area contributed by atoms with Crippen molar-refractivity contribution in [3.05, 3.63) is 36.7 Å². The molecule has 0 amide bonds. The van der Waals surface area contributed by atoms with Crippen molar-refractivity contribution < 1.29 is 18.4 Å². The minimum Gasteiger partial charge on any atom is -0.485 e. The maximum atomic E-state index is 14.5. The number of pyridine rings is 1. The Morgan fingerprint density at radius 2 is 1.74 bits per heavy atom. The average Bonchev–Trinajstić information content (AvgIpc) is 3.55. The summed E-state index contributed by atoms with van der Waals surface area (Å²) in [4.78, 5) is 14.5. The van der Waals surface area contributed by atoms with Gasteiger partial charge in [-0.1, -0.05) is 19.0 Å². The second-order valence-corrected chi connectivity index (χ2v) is 9.24. The first-order valence-electron chi connectivity index (χ1n) is 12.0. The number of ether oxygens (including phenoxy) is 2. The first-order valence-corrected chi connectivity index (χ1v) is 12.0. The largest absolute Gasteiger partial charge is 0.485 e. The van der Waals surface area contributed by atoms with Crippen molar-refractivity contribution >= 4 is 6.01 Å². The van der Waals surface area contributed by atoms with Gasteiger partial charge in [0.2, 0.25) is 0 Å². The average molecular weight is 472 g/mol. The van der Waals surface area contributed by atoms with E-state index in [1.54, 1.807) is 0 Å². The van der Waals surface area contributed by atoms with E-state index in [1.165, 1.54) is 23.5 Å². The van der Waals surface area contributed by atoms with E-state index in [0.717, 1.165) is 63.6 Å². The van der Waals surface area contributed by atoms with Crippen LogP contribution in [0.3, 0.4) is 0 Å². The molecule has 0 spiro atoms. The number of nitrogens with zero attached hydrogens (tertiary/aromatic N) is 7. The molecular weight excluding hydrogens is 441 g/mol. The molecule has 0 unspecified atom stereocenters. The van der Waals surface area contributed by atoms with Gasteiger partial charge in [0.15, 0.2) is 17.4 Å². The van der Waals surface area contributed by atoms with Gasteiger partial charge in [0, 0.05) is 19.0 Å². The molecule has 0 aromatic carbocycles. The zero-order valence-corrected chi connectivity index (χ0v) is 19.5. The maximum Gasteiger partial charge on any atom is 0.324 e. The van der Waals surface area contributed by atoms with Crippen LogP contribution in [0.2, 0.25) is 0 Å². The predicted octanol–water partition coefficient (Wildman–Crippen LogP) is 3.68. The van der Waals surface area contributed by atoms with Crippen LogP contribution in [0.1, 0.15) is 64.1 Å². The molecule has 1 aliphatic carbocycles. The van der Waals surface area contributed by atoms with Gasteiger partial charge in [-0.2, -0.15) is 10.1 Å². The van der Waals surface area contributed by atoms with Gasteiger partial charge < -0.3 is 18.9 Å². The number of aromatic nitrogens is 6. The summed E-state index contributed by atoms with van der Waals surface area (Å²) in [6.07, 6.45) is 11.2. The number of rotatable bonds is 7. The van der Waals surface area contributed by atoms with Crippen molar-refractivity contribution in [2.75, 3.05) is 18.0 Å². The van der Waals surface area contributed by atoms with Crippen LogP contribution in [-0.2, 0) is 4.74 Å². The van der Waals surface area contributed by atoms with Gasteiger partial charge in [0.25, 0.3) is 0 Å². The van der Waals surface area contributed by atoms with Crippen molar-refractivity contribution in [2.45, 2.75) is 76.6 Å². The van der Waals surface area contributed by atoms with Crippen LogP contribution in [0.4, 0.5) is 10.4 Å². The zero-order valence-electron chi connectivity index (χ0n) is 19.5. The fourth-order valence-electron chi connectivity index (χ4n) is 4.52. The minimum atomic E-state index is -0.500. The molecule has 10 nitrogen and oxygen atoms in total. The van der Waals surface area contributed by atoms with Gasteiger partial charge in [-0.25, -0.2) is 14.1 Å². The van der Waals surface area contributed by atoms with Crippen LogP contribution in [0.5, 0.6) is 5.75 Å². The van der Waals surface area contributed by atoms with E-state index in [0.29, 0.717) is 11.7 Å². The molecule has 2 fully saturated rings. The van der Waals surface area contributed by atoms with Gasteiger partial charge >= 0.3 is 6.01 Å². The fourth-order valence-corrected chi connectivity index (χ4v) is 4.52. The van der Waals surface area contributed by atoms with Crippen molar-refractivity contribution in [3.63, 3.8) is 0 Å². The van der Waals surface area contributed by atoms with Gasteiger partial charge in [0.1, 0.15) is 18.3 Å². The Labute approximate surface area is 197 Å². The summed E-state index contributed by atoms with van der Waals surface area (Å²) >= 11 is 0. The Balaban J connectivity index is 1.10. The number of halogens is 1. The highest BCUT2D eigenvalue weighted by molar-refractivity contribution is 5.44. The normalized spacial score (nSPS) is 21.8. The van der Waals surface area contributed by atoms with Gasteiger partial charge in [-0.05, 0) is 38.5 Å². The molecule has 0 atom stereocenters. The molecule has 1 saturated carbocycles. The van der Waals surface area contributed by atoms with Crippen molar-refractivity contribution in [3.8, 4) is 11.4 Å². The van der Waals surface area contributed by atoms with E-state index in [4.69, 9.17) is 14.0 Å². The van der Waals surface area contributed by atoms with E-state index >= 15 is 0 Å². The lowest BCUT2D eigenvalue weighted by atomic mass is 9.94. The number of piperidine rings is 1. The molecule has 11 heteroatoms. The van der Waals surface area contributed by atoms with Gasteiger partial charge in [-0.3, -0.25) is 4.98 Å². The highest BCUT2D eigenvalue weighted by Gasteiger charge is 2.30. The molecular formula is C23H30FN7O3. The summed E-state index contributed by atoms with van der Waals surface area (Å²) in [5.74, 6) is 0.660. The van der Waals surface area contributed by atoms with Gasteiger partial charge in [-0.15, -0.1) is 0 Å². The van der Waals surface area contributed by atoms with Crippen LogP contribution >= 0.6 is 0 Å². The summed E-state index contributed by atoms with van der Waals surface area (Å²) < 4.78 is 33.9. The summed E-state index contributed by atoms with van der Waals surface area (Å²) in [6, 6.07) is 0.605. The summed E-state index contributed by atoms with van der Waals surface area (Å²) in [5, 5.41) is 8.13. The van der Waals surface area contributed by atoms with Crippen LogP contribution in [-0.4, -0.2) is 61.3 Å². The topological polar surface area (TPSA) is 104 Å². The molecule has 5 rings (SSSR count). The van der Waals surface area contributed by atoms with Crippen LogP contribution in [0.25, 0.3) is 5.69 Å². The predicted molar refractivity (Wildman–Crippen MR) is 120 cm³/mol. The van der Waals surface area contributed by atoms with E-state index < -0.39 is 5.82 Å². The van der Waals surface area contributed by atoms with Crippen molar-refractivity contribution in [1.82, 2.24) is 29.9 Å². The quantitative estimate of drug-likeness (QED) is 0.510. The summed E-state index contributed by atoms with van der Waals surface area (Å²) in [7, 11) is 0. The second-order valence-electron chi connectivity index (χ2n) is 9.24. The fraction of sp³-hybridized carbons (Fsp3) is 0.609. The molecule has 3 aromatic rings. The van der Waals surface area contributed by atoms with Crippen LogP contribution < -0.4 is 9.64 Å². The SMILES string of the molecule is CC(C)c1noc(N2CCC(O[C@H]3CC[C@H](Oc4c(F)cncc4-n4cncn4)CC3)CC2)n1. The lowest BCUT2D eigenvalue weighted by molar-refractivity contribution is -0.0532. The monoisotopic (exact) mass is 471 g/mol. The third-order valence-corrected chi connectivity index (χ3v) is 6.45. The zero-order chi connectivity index (χ0) is 23.5. The summed E-state index contributed by atoms with van der Waals surface area (Å²) in [6.45, 7) is 5.79. The third-order valence-electron chi connectivity index (χ3n) is 6.45. The first-order chi connectivity index (χ1) is 16.6. The molecule has 4 heterocycles. The standard InChI is InChI=1S/C23H30FN7O3/c1-15(2)22-28-23(34-29-22)30-9-7-18(8-10-30)32-16-3-5-17(6-4-16)33-21-19(24)11-25-12-20(21)31-14-26-13-27-31/h11-18H,3-10H2,1-2H3/t16-,17-. The number of hydrogen-bond donors (Lipinski definition) is 0. The Morgan fingerprint density at radius 3 is 2.41 bits per heavy atom. The lowest BCUT2D eigenvalue weighted by Gasteiger charge is -2.35. The molecule has 2 aliphatic rings. The minimum absolute atomic E-state index is 0.0754. The van der Waals surface area contributed by atoms with Crippen LogP contribution in [0, 0.1) is 5.82 Å². The molecule has 0 radical (unpaired) electrons. The highest BCUT2D eigenvalue weighted by Crippen LogP contribution is 2.32. The molecule has 34 heavy (non-hydrogen) atoms. The van der Waals surface area contributed by atoms with E-state index in [1.807, 2.05) is 0 Å². The van der Waals surface area contributed by atoms with Crippen molar-refractivity contribution in [2.24, 2.45) is 0 Å². The number of anilines is 1. The Hall–Kier alpha value is -3.08. The second kappa shape index (κ2) is 10.0. The third kappa shape index (κ3) is 5.03. The van der Waals surface area contributed by atoms with E-state index in [2.05, 4.69) is 44.0 Å². The first kappa shape index (κ1) is 22.7. The number of hydrogen-bond acceptors (Lipinski definition) is 9. The molecule has 182 valence electrons. The lowest BCUT2D eigenvalue weighted by Crippen LogP contribution is -2.40. The molecule has 3 aromatic heterocycles. The van der Waals surface area contributed by atoms with E-state index in [-0.39, 0.29) is 30.0 Å². The van der Waals surface area contributed by atoms with E-state index in [9.17, 15) is 4.39 Å². The Bertz CT molecular complexity index is 1060.